The molecule has 16 heteroatoms. The summed E-state index contributed by atoms with van der Waals surface area (Å²) >= 11 is 0. The van der Waals surface area contributed by atoms with Crippen LogP contribution in [0.5, 0.6) is 0 Å². The lowest BCUT2D eigenvalue weighted by molar-refractivity contribution is -0.384. The van der Waals surface area contributed by atoms with Gasteiger partial charge in [-0.2, -0.15) is 10.2 Å². The van der Waals surface area contributed by atoms with Gasteiger partial charge in [-0.25, -0.2) is 0 Å². The van der Waals surface area contributed by atoms with Crippen molar-refractivity contribution in [2.75, 3.05) is 31.1 Å². The highest BCUT2D eigenvalue weighted by Crippen LogP contribution is 2.23. The van der Waals surface area contributed by atoms with Crippen molar-refractivity contribution in [3.8, 4) is 0 Å². The van der Waals surface area contributed by atoms with E-state index in [0.29, 0.717) is 31.0 Å². The average Bonchev–Trinajstić information content (AvgIpc) is 3.00. The zero-order valence-corrected chi connectivity index (χ0v) is 24.6. The van der Waals surface area contributed by atoms with E-state index in [1.54, 1.807) is 12.1 Å². The van der Waals surface area contributed by atoms with Crippen LogP contribution in [0.3, 0.4) is 0 Å². The van der Waals surface area contributed by atoms with Gasteiger partial charge >= 0.3 is 5.97 Å². The fraction of sp³-hybridized carbons (Fsp3) is 0.393. The Morgan fingerprint density at radius 3 is 1.91 bits per heavy atom. The molecule has 2 atom stereocenters. The van der Waals surface area contributed by atoms with Crippen LogP contribution in [0, 0.1) is 10.1 Å². The molecular weight excluding hydrogens is 576 g/mol. The zero-order valence-electron chi connectivity index (χ0n) is 24.6. The van der Waals surface area contributed by atoms with Crippen LogP contribution in [0.2, 0.25) is 0 Å². The van der Waals surface area contributed by atoms with Gasteiger partial charge in [0, 0.05) is 50.3 Å². The zero-order chi connectivity index (χ0) is 32.6. The van der Waals surface area contributed by atoms with E-state index in [1.165, 1.54) is 38.1 Å². The third-order valence-corrected chi connectivity index (χ3v) is 6.17. The molecule has 0 bridgehead atoms. The summed E-state index contributed by atoms with van der Waals surface area (Å²) in [5.41, 5.74) is 1.95. The van der Waals surface area contributed by atoms with E-state index in [-0.39, 0.29) is 24.4 Å². The summed E-state index contributed by atoms with van der Waals surface area (Å²) in [6.45, 7) is 5.73. The van der Waals surface area contributed by atoms with E-state index in [4.69, 9.17) is 5.11 Å². The van der Waals surface area contributed by atoms with Crippen LogP contribution in [0.15, 0.2) is 58.8 Å². The molecule has 2 aromatic rings. The number of nitrogens with one attached hydrogen (secondary N) is 4. The summed E-state index contributed by atoms with van der Waals surface area (Å²) in [5, 5.41) is 37.5. The van der Waals surface area contributed by atoms with E-state index >= 15 is 0 Å². The van der Waals surface area contributed by atoms with Crippen molar-refractivity contribution < 1.29 is 34.0 Å². The van der Waals surface area contributed by atoms with Crippen LogP contribution in [-0.2, 0) is 24.0 Å². The Labute approximate surface area is 253 Å². The van der Waals surface area contributed by atoms with E-state index in [0.717, 1.165) is 5.69 Å². The maximum Gasteiger partial charge on any atom is 0.325 e. The number of likely N-dealkylation sites (N-methyl/N-ethyl adjacent to an activating group) is 1. The quantitative estimate of drug-likeness (QED) is 0.0998. The molecule has 0 fully saturated rings. The van der Waals surface area contributed by atoms with Gasteiger partial charge in [0.05, 0.1) is 22.8 Å². The summed E-state index contributed by atoms with van der Waals surface area (Å²) in [5.74, 6) is -3.40. The van der Waals surface area contributed by atoms with Gasteiger partial charge in [0.2, 0.25) is 23.6 Å². The molecule has 0 unspecified atom stereocenters. The maximum absolute atomic E-state index is 12.2. The predicted molar refractivity (Wildman–Crippen MR) is 160 cm³/mol. The van der Waals surface area contributed by atoms with Crippen LogP contribution >= 0.6 is 0 Å². The summed E-state index contributed by atoms with van der Waals surface area (Å²) in [4.78, 5) is 71.2. The topological polar surface area (TPSA) is 225 Å². The molecule has 0 aromatic heterocycles. The molecule has 0 aliphatic carbocycles. The minimum absolute atomic E-state index is 0.0284. The molecule has 16 nitrogen and oxygen atoms in total. The molecule has 0 aliphatic rings. The number of carbonyl (C=O) groups is 5. The number of carbonyl (C=O) groups excluding carboxylic acids is 4. The third-order valence-electron chi connectivity index (χ3n) is 6.17. The number of nitrogens with zero attached hydrogens (tertiary/aromatic N) is 4. The summed E-state index contributed by atoms with van der Waals surface area (Å²) < 4.78 is 0. The molecule has 2 rings (SSSR count). The first-order chi connectivity index (χ1) is 20.9. The molecule has 0 spiro atoms. The monoisotopic (exact) mass is 612 g/mol. The Hall–Kier alpha value is -5.41. The fourth-order valence-corrected chi connectivity index (χ4v) is 3.63. The average molecular weight is 613 g/mol. The molecule has 0 aliphatic heterocycles. The van der Waals surface area contributed by atoms with Gasteiger partial charge < -0.3 is 31.3 Å². The molecule has 0 radical (unpaired) electrons. The van der Waals surface area contributed by atoms with Crippen molar-refractivity contribution >= 4 is 52.3 Å². The molecule has 0 saturated carbocycles. The second-order valence-corrected chi connectivity index (χ2v) is 9.55. The molecule has 0 heterocycles. The lowest BCUT2D eigenvalue weighted by Crippen LogP contribution is -2.51. The first kappa shape index (κ1) is 34.8. The lowest BCUT2D eigenvalue weighted by Gasteiger charge is -2.23. The van der Waals surface area contributed by atoms with Crippen LogP contribution in [-0.4, -0.2) is 77.9 Å². The Morgan fingerprint density at radius 2 is 1.39 bits per heavy atom. The smallest absolute Gasteiger partial charge is 0.325 e. The number of hydrogen-bond acceptors (Lipinski definition) is 10. The number of nitro benzene ring substituents is 1. The standard InChI is InChI=1S/C28H36N8O8/c1-4-35(22-9-5-20(6-10-22)33-34-21-7-11-23(12-8-21)36(43)44)16-15-29-24(37)13-14-25(38)30-17-26(39)31-18(2)27(40)32-19(3)28(41)42/h5-12,18-19H,4,13-17H2,1-3H3,(H,29,37)(H,30,38)(H,31,39)(H,32,40)(H,41,42)/t18-,19-/m1/s1. The Balaban J connectivity index is 1.69. The molecule has 236 valence electrons. The summed E-state index contributed by atoms with van der Waals surface area (Å²) in [6, 6.07) is 10.9. The number of carboxylic acid groups (broad SMARTS) is 1. The van der Waals surface area contributed by atoms with Gasteiger partial charge in [0.15, 0.2) is 0 Å². The Kier molecular flexibility index (Phi) is 13.9. The van der Waals surface area contributed by atoms with Crippen molar-refractivity contribution in [3.63, 3.8) is 0 Å². The number of rotatable bonds is 17. The SMILES string of the molecule is CCN(CCNC(=O)CCC(=O)NCC(=O)N[C@H](C)C(=O)N[C@H](C)C(=O)O)c1ccc(N=Nc2ccc([N+](=O)[O-])cc2)cc1. The number of hydrogen-bond donors (Lipinski definition) is 5. The molecule has 44 heavy (non-hydrogen) atoms. The maximum atomic E-state index is 12.2. The highest BCUT2D eigenvalue weighted by molar-refractivity contribution is 5.92. The fourth-order valence-electron chi connectivity index (χ4n) is 3.63. The Morgan fingerprint density at radius 1 is 0.841 bits per heavy atom. The van der Waals surface area contributed by atoms with E-state index in [9.17, 15) is 34.1 Å². The van der Waals surface area contributed by atoms with Crippen molar-refractivity contribution in [2.24, 2.45) is 10.2 Å². The third kappa shape index (κ3) is 12.2. The van der Waals surface area contributed by atoms with Crippen molar-refractivity contribution in [1.82, 2.24) is 21.3 Å². The second kappa shape index (κ2) is 17.5. The van der Waals surface area contributed by atoms with Crippen LogP contribution in [0.1, 0.15) is 33.6 Å². The van der Waals surface area contributed by atoms with E-state index in [1.807, 2.05) is 24.0 Å². The highest BCUT2D eigenvalue weighted by atomic mass is 16.6. The van der Waals surface area contributed by atoms with E-state index in [2.05, 4.69) is 31.5 Å². The highest BCUT2D eigenvalue weighted by Gasteiger charge is 2.20. The molecule has 2 aromatic carbocycles. The summed E-state index contributed by atoms with van der Waals surface area (Å²) in [6.07, 6.45) is -0.224. The van der Waals surface area contributed by atoms with Gasteiger partial charge in [0.25, 0.3) is 5.69 Å². The minimum atomic E-state index is -1.22. The number of anilines is 1. The normalized spacial score (nSPS) is 12.1. The Bertz CT molecular complexity index is 1350. The number of benzene rings is 2. The number of amides is 4. The summed E-state index contributed by atoms with van der Waals surface area (Å²) in [7, 11) is 0. The number of non-ortho nitro benzene ring substituents is 1. The van der Waals surface area contributed by atoms with Crippen LogP contribution in [0.25, 0.3) is 0 Å². The number of carboxylic acids is 1. The minimum Gasteiger partial charge on any atom is -0.480 e. The van der Waals surface area contributed by atoms with Gasteiger partial charge in [-0.3, -0.25) is 34.1 Å². The second-order valence-electron chi connectivity index (χ2n) is 9.55. The molecular formula is C28H36N8O8. The van der Waals surface area contributed by atoms with Crippen molar-refractivity contribution in [2.45, 2.75) is 45.7 Å². The molecule has 4 amide bonds. The van der Waals surface area contributed by atoms with Crippen molar-refractivity contribution in [1.29, 1.82) is 0 Å². The predicted octanol–water partition coefficient (Wildman–Crippen LogP) is 1.94. The van der Waals surface area contributed by atoms with Crippen LogP contribution < -0.4 is 26.2 Å². The first-order valence-electron chi connectivity index (χ1n) is 13.8. The largest absolute Gasteiger partial charge is 0.480 e. The number of azo groups is 1. The lowest BCUT2D eigenvalue weighted by atomic mass is 10.2. The van der Waals surface area contributed by atoms with Gasteiger partial charge in [-0.1, -0.05) is 0 Å². The number of aliphatic carboxylic acids is 1. The van der Waals surface area contributed by atoms with Crippen LogP contribution in [0.4, 0.5) is 22.7 Å². The molecule has 5 N–H and O–H groups in total. The first-order valence-corrected chi connectivity index (χ1v) is 13.8. The van der Waals surface area contributed by atoms with Crippen molar-refractivity contribution in [3.05, 3.63) is 58.6 Å². The van der Waals surface area contributed by atoms with Gasteiger partial charge in [-0.05, 0) is 57.2 Å². The molecule has 0 saturated heterocycles. The van der Waals surface area contributed by atoms with E-state index < -0.39 is 47.2 Å². The number of nitro groups is 1. The van der Waals surface area contributed by atoms with Gasteiger partial charge in [-0.15, -0.1) is 0 Å². The van der Waals surface area contributed by atoms with Gasteiger partial charge in [0.1, 0.15) is 12.1 Å².